The summed E-state index contributed by atoms with van der Waals surface area (Å²) >= 11 is 0. The highest BCUT2D eigenvalue weighted by Gasteiger charge is 2.31. The average Bonchev–Trinajstić information content (AvgIpc) is 2.24. The quantitative estimate of drug-likeness (QED) is 0.604. The van der Waals surface area contributed by atoms with Crippen LogP contribution < -0.4 is 0 Å². The van der Waals surface area contributed by atoms with E-state index in [1.807, 2.05) is 0 Å². The second-order valence-electron chi connectivity index (χ2n) is 3.31. The first kappa shape index (κ1) is 9.96. The second kappa shape index (κ2) is 3.22. The summed E-state index contributed by atoms with van der Waals surface area (Å²) in [6.07, 6.45) is 0.315. The molecule has 1 heterocycles. The van der Waals surface area contributed by atoms with Crippen LogP contribution in [0, 0.1) is 0 Å². The van der Waals surface area contributed by atoms with E-state index in [1.54, 1.807) is 30.2 Å². The maximum atomic E-state index is 11.9. The van der Waals surface area contributed by atoms with Gasteiger partial charge >= 0.3 is 0 Å². The number of hydrogen-bond acceptors (Lipinski definition) is 3. The maximum Gasteiger partial charge on any atom is 0.264 e. The van der Waals surface area contributed by atoms with Crippen LogP contribution in [0.4, 0.5) is 0 Å². The molecular weight excluding hydrogens is 214 g/mol. The molecule has 0 aromatic heterocycles. The number of sulfonamides is 1. The molecule has 0 N–H and O–H groups in total. The lowest BCUT2D eigenvalue weighted by Gasteiger charge is -2.26. The standard InChI is InChI=1S/C10H9NO3S/c1-11-9(7-12)6-8-4-2-3-5-10(8)15(11,13)14/h2-5H,6H2,1H3. The Kier molecular flexibility index (Phi) is 2.14. The molecule has 1 aliphatic heterocycles. The fourth-order valence-electron chi connectivity index (χ4n) is 1.59. The Hall–Kier alpha value is -1.58. The number of fused-ring (bicyclic) bond motifs is 1. The van der Waals surface area contributed by atoms with Gasteiger partial charge in [0.25, 0.3) is 10.0 Å². The number of carbonyl (C=O) groups excluding carboxylic acids is 1. The van der Waals surface area contributed by atoms with E-state index < -0.39 is 10.0 Å². The minimum Gasteiger partial charge on any atom is -0.262 e. The molecule has 0 amide bonds. The van der Waals surface area contributed by atoms with Crippen LogP contribution in [0.5, 0.6) is 0 Å². The van der Waals surface area contributed by atoms with Crippen molar-refractivity contribution in [3.8, 4) is 0 Å². The zero-order valence-corrected chi connectivity index (χ0v) is 8.91. The van der Waals surface area contributed by atoms with Gasteiger partial charge < -0.3 is 0 Å². The highest BCUT2D eigenvalue weighted by atomic mass is 32.2. The van der Waals surface area contributed by atoms with Crippen molar-refractivity contribution in [3.05, 3.63) is 35.5 Å². The van der Waals surface area contributed by atoms with Crippen LogP contribution in [-0.4, -0.2) is 25.7 Å². The van der Waals surface area contributed by atoms with E-state index in [0.717, 1.165) is 4.31 Å². The van der Waals surface area contributed by atoms with Gasteiger partial charge in [-0.05, 0) is 11.6 Å². The van der Waals surface area contributed by atoms with E-state index in [0.29, 0.717) is 12.0 Å². The van der Waals surface area contributed by atoms with Crippen LogP contribution in [0.3, 0.4) is 0 Å². The third-order valence-corrected chi connectivity index (χ3v) is 4.36. The lowest BCUT2D eigenvalue weighted by Crippen LogP contribution is -2.32. The smallest absolute Gasteiger partial charge is 0.262 e. The Morgan fingerprint density at radius 2 is 2.00 bits per heavy atom. The van der Waals surface area contributed by atoms with Crippen LogP contribution >= 0.6 is 0 Å². The highest BCUT2D eigenvalue weighted by molar-refractivity contribution is 7.89. The van der Waals surface area contributed by atoms with Gasteiger partial charge in [0.05, 0.1) is 4.90 Å². The molecule has 4 nitrogen and oxygen atoms in total. The fourth-order valence-corrected chi connectivity index (χ4v) is 3.00. The van der Waals surface area contributed by atoms with Crippen molar-refractivity contribution in [2.24, 2.45) is 0 Å². The number of hydrogen-bond donors (Lipinski definition) is 0. The first-order valence-electron chi connectivity index (χ1n) is 4.38. The molecule has 5 heteroatoms. The third kappa shape index (κ3) is 1.37. The van der Waals surface area contributed by atoms with Gasteiger partial charge in [0.1, 0.15) is 11.6 Å². The van der Waals surface area contributed by atoms with Crippen LogP contribution in [-0.2, 0) is 21.2 Å². The largest absolute Gasteiger partial charge is 0.264 e. The van der Waals surface area contributed by atoms with Crippen molar-refractivity contribution in [3.63, 3.8) is 0 Å². The highest BCUT2D eigenvalue weighted by Crippen LogP contribution is 2.29. The van der Waals surface area contributed by atoms with Crippen molar-refractivity contribution < 1.29 is 13.2 Å². The van der Waals surface area contributed by atoms with Gasteiger partial charge in [-0.1, -0.05) is 18.2 Å². The summed E-state index contributed by atoms with van der Waals surface area (Å²) in [5.41, 5.74) is 0.794. The predicted octanol–water partition coefficient (Wildman–Crippen LogP) is 0.579. The molecule has 1 aromatic rings. The molecule has 0 saturated heterocycles. The summed E-state index contributed by atoms with van der Waals surface area (Å²) in [7, 11) is -2.18. The van der Waals surface area contributed by atoms with E-state index in [2.05, 4.69) is 0 Å². The summed E-state index contributed by atoms with van der Waals surface area (Å²) in [4.78, 5) is 10.9. The van der Waals surface area contributed by atoms with Gasteiger partial charge in [0, 0.05) is 13.5 Å². The van der Waals surface area contributed by atoms with Crippen LogP contribution in [0.2, 0.25) is 0 Å². The molecule has 0 radical (unpaired) electrons. The summed E-state index contributed by atoms with van der Waals surface area (Å²) in [6.45, 7) is 0. The summed E-state index contributed by atoms with van der Waals surface area (Å²) < 4.78 is 24.8. The molecule has 2 rings (SSSR count). The van der Waals surface area contributed by atoms with Gasteiger partial charge in [0.2, 0.25) is 0 Å². The Labute approximate surface area is 87.9 Å². The number of benzene rings is 1. The maximum absolute atomic E-state index is 11.9. The normalized spacial score (nSPS) is 18.2. The Morgan fingerprint density at radius 1 is 1.33 bits per heavy atom. The van der Waals surface area contributed by atoms with Gasteiger partial charge in [-0.15, -0.1) is 0 Å². The van der Waals surface area contributed by atoms with E-state index in [-0.39, 0.29) is 10.6 Å². The molecule has 15 heavy (non-hydrogen) atoms. The Morgan fingerprint density at radius 3 is 2.67 bits per heavy atom. The monoisotopic (exact) mass is 223 g/mol. The minimum absolute atomic E-state index is 0.147. The molecule has 0 fully saturated rings. The number of allylic oxidation sites excluding steroid dienone is 1. The van der Waals surface area contributed by atoms with Crippen LogP contribution in [0.1, 0.15) is 5.56 Å². The summed E-state index contributed by atoms with van der Waals surface area (Å²) in [6, 6.07) is 6.67. The lowest BCUT2D eigenvalue weighted by molar-refractivity contribution is 0.500. The number of rotatable bonds is 0. The molecule has 0 spiro atoms. The zero-order valence-electron chi connectivity index (χ0n) is 8.10. The van der Waals surface area contributed by atoms with Crippen molar-refractivity contribution in [2.75, 3.05) is 7.05 Å². The molecule has 0 unspecified atom stereocenters. The van der Waals surface area contributed by atoms with Crippen molar-refractivity contribution in [1.29, 1.82) is 0 Å². The average molecular weight is 223 g/mol. The molecule has 1 aromatic carbocycles. The lowest BCUT2D eigenvalue weighted by atomic mass is 10.1. The first-order valence-corrected chi connectivity index (χ1v) is 5.82. The Bertz CT molecular complexity index is 556. The van der Waals surface area contributed by atoms with Gasteiger partial charge in [0.15, 0.2) is 0 Å². The van der Waals surface area contributed by atoms with Crippen molar-refractivity contribution >= 4 is 16.0 Å². The fraction of sp³-hybridized carbons (Fsp3) is 0.200. The summed E-state index contributed by atoms with van der Waals surface area (Å²) in [5, 5.41) is 0. The molecule has 0 bridgehead atoms. The van der Waals surface area contributed by atoms with Gasteiger partial charge in [-0.2, -0.15) is 0 Å². The van der Waals surface area contributed by atoms with E-state index >= 15 is 0 Å². The Balaban J connectivity index is 2.75. The number of nitrogens with zero attached hydrogens (tertiary/aromatic N) is 1. The van der Waals surface area contributed by atoms with E-state index in [4.69, 9.17) is 0 Å². The second-order valence-corrected chi connectivity index (χ2v) is 5.24. The third-order valence-electron chi connectivity index (χ3n) is 2.47. The van der Waals surface area contributed by atoms with Gasteiger partial charge in [-0.25, -0.2) is 13.2 Å². The van der Waals surface area contributed by atoms with Crippen LogP contribution in [0.25, 0.3) is 0 Å². The molecular formula is C10H9NO3S. The van der Waals surface area contributed by atoms with E-state index in [1.165, 1.54) is 7.05 Å². The van der Waals surface area contributed by atoms with E-state index in [9.17, 15) is 13.2 Å². The molecule has 0 aliphatic carbocycles. The minimum atomic E-state index is -3.55. The zero-order chi connectivity index (χ0) is 11.1. The van der Waals surface area contributed by atoms with Crippen LogP contribution in [0.15, 0.2) is 34.9 Å². The first-order chi connectivity index (χ1) is 7.07. The predicted molar refractivity (Wildman–Crippen MR) is 54.3 cm³/mol. The molecule has 0 atom stereocenters. The molecule has 1 aliphatic rings. The SMILES string of the molecule is CN1C(=C=O)Cc2ccccc2S1(=O)=O. The van der Waals surface area contributed by atoms with Crippen molar-refractivity contribution in [2.45, 2.75) is 11.3 Å². The molecule has 78 valence electrons. The topological polar surface area (TPSA) is 54.5 Å². The van der Waals surface area contributed by atoms with Crippen molar-refractivity contribution in [1.82, 2.24) is 4.31 Å². The van der Waals surface area contributed by atoms with Gasteiger partial charge in [-0.3, -0.25) is 4.31 Å². The molecule has 0 saturated carbocycles. The summed E-state index contributed by atoms with van der Waals surface area (Å²) in [5.74, 6) is 1.66. The number of likely N-dealkylation sites (N-methyl/N-ethyl adjacent to an activating group) is 1.